The van der Waals surface area contributed by atoms with Crippen LogP contribution in [-0.2, 0) is 25.4 Å². The average molecular weight is 408 g/mol. The topological polar surface area (TPSA) is 103 Å². The van der Waals surface area contributed by atoms with Crippen molar-refractivity contribution in [3.05, 3.63) is 29.8 Å². The first-order valence-electron chi connectivity index (χ1n) is 9.46. The number of nitrogens with one attached hydrogen (secondary N) is 2. The number of aryl methyl sites for hydroxylation is 1. The maximum Gasteiger partial charge on any atom is 0.412 e. The summed E-state index contributed by atoms with van der Waals surface area (Å²) < 4.78 is 15.3. The Morgan fingerprint density at radius 3 is 2.03 bits per heavy atom. The van der Waals surface area contributed by atoms with Crippen LogP contribution in [0.15, 0.2) is 24.3 Å². The molecule has 0 aliphatic rings. The van der Waals surface area contributed by atoms with Crippen LogP contribution in [0.4, 0.5) is 15.3 Å². The van der Waals surface area contributed by atoms with E-state index in [9.17, 15) is 14.4 Å². The number of rotatable bonds is 6. The normalized spacial score (nSPS) is 12.5. The molecule has 0 bridgehead atoms. The summed E-state index contributed by atoms with van der Waals surface area (Å²) in [5.74, 6) is -0.576. The van der Waals surface area contributed by atoms with Gasteiger partial charge in [0.2, 0.25) is 0 Å². The molecule has 1 aromatic carbocycles. The summed E-state index contributed by atoms with van der Waals surface area (Å²) in [7, 11) is 1.25. The fourth-order valence-electron chi connectivity index (χ4n) is 2.41. The predicted molar refractivity (Wildman–Crippen MR) is 110 cm³/mol. The lowest BCUT2D eigenvalue weighted by Gasteiger charge is -2.23. The van der Waals surface area contributed by atoms with E-state index in [2.05, 4.69) is 10.6 Å². The molecule has 0 aliphatic heterocycles. The van der Waals surface area contributed by atoms with Gasteiger partial charge in [-0.3, -0.25) is 5.32 Å². The van der Waals surface area contributed by atoms with Gasteiger partial charge < -0.3 is 19.5 Å². The van der Waals surface area contributed by atoms with Crippen LogP contribution in [0.5, 0.6) is 0 Å². The zero-order valence-electron chi connectivity index (χ0n) is 18.3. The van der Waals surface area contributed by atoms with Crippen LogP contribution in [0.1, 0.15) is 53.5 Å². The lowest BCUT2D eigenvalue weighted by molar-refractivity contribution is -0.143. The number of ether oxygens (including phenoxy) is 3. The molecular formula is C21H32N2O6. The summed E-state index contributed by atoms with van der Waals surface area (Å²) in [6.45, 7) is 10.5. The molecule has 0 aliphatic carbocycles. The minimum atomic E-state index is -0.885. The van der Waals surface area contributed by atoms with E-state index in [-0.39, 0.29) is 6.42 Å². The van der Waals surface area contributed by atoms with Crippen molar-refractivity contribution in [2.45, 2.75) is 71.6 Å². The number of esters is 1. The Morgan fingerprint density at radius 1 is 0.931 bits per heavy atom. The molecule has 0 spiro atoms. The molecule has 0 fully saturated rings. The van der Waals surface area contributed by atoms with Gasteiger partial charge in [0.15, 0.2) is 0 Å². The average Bonchev–Trinajstić information content (AvgIpc) is 2.55. The van der Waals surface area contributed by atoms with Gasteiger partial charge in [-0.1, -0.05) is 18.2 Å². The number of methoxy groups -OCH3 is 1. The minimum Gasteiger partial charge on any atom is -0.467 e. The molecule has 8 heteroatoms. The van der Waals surface area contributed by atoms with E-state index in [1.54, 1.807) is 53.7 Å². The summed E-state index contributed by atoms with van der Waals surface area (Å²) in [4.78, 5) is 36.2. The molecule has 1 atom stereocenters. The quantitative estimate of drug-likeness (QED) is 0.544. The number of para-hydroxylation sites is 1. The highest BCUT2D eigenvalue weighted by molar-refractivity contribution is 5.86. The first kappa shape index (κ1) is 24.3. The fourth-order valence-corrected chi connectivity index (χ4v) is 2.41. The first-order chi connectivity index (χ1) is 13.3. The maximum atomic E-state index is 12.1. The SMILES string of the molecule is COC(=O)[C@@H](CCc1ccccc1NC(=O)OC(C)(C)C)NC(=O)OC(C)(C)C. The number of amides is 2. The van der Waals surface area contributed by atoms with Gasteiger partial charge in [-0.2, -0.15) is 0 Å². The van der Waals surface area contributed by atoms with Crippen molar-refractivity contribution in [2.24, 2.45) is 0 Å². The van der Waals surface area contributed by atoms with Gasteiger partial charge in [-0.05, 0) is 66.0 Å². The van der Waals surface area contributed by atoms with Crippen LogP contribution < -0.4 is 10.6 Å². The number of carbonyl (C=O) groups is 3. The van der Waals surface area contributed by atoms with Crippen LogP contribution >= 0.6 is 0 Å². The molecule has 0 aromatic heterocycles. The second-order valence-electron chi connectivity index (χ2n) is 8.54. The highest BCUT2D eigenvalue weighted by Crippen LogP contribution is 2.19. The van der Waals surface area contributed by atoms with Crippen LogP contribution in [0.25, 0.3) is 0 Å². The molecule has 2 N–H and O–H groups in total. The molecule has 0 saturated carbocycles. The van der Waals surface area contributed by atoms with Gasteiger partial charge in [-0.15, -0.1) is 0 Å². The molecule has 0 radical (unpaired) electrons. The van der Waals surface area contributed by atoms with Gasteiger partial charge >= 0.3 is 18.2 Å². The number of alkyl carbamates (subject to hydrolysis) is 1. The number of benzene rings is 1. The highest BCUT2D eigenvalue weighted by atomic mass is 16.6. The number of anilines is 1. The fraction of sp³-hybridized carbons (Fsp3) is 0.571. The zero-order chi connectivity index (χ0) is 22.2. The number of hydrogen-bond donors (Lipinski definition) is 2. The van der Waals surface area contributed by atoms with E-state index in [4.69, 9.17) is 14.2 Å². The predicted octanol–water partition coefficient (Wildman–Crippen LogP) is 4.03. The highest BCUT2D eigenvalue weighted by Gasteiger charge is 2.25. The molecular weight excluding hydrogens is 376 g/mol. The Kier molecular flexibility index (Phi) is 8.48. The Balaban J connectivity index is 2.83. The van der Waals surface area contributed by atoms with Gasteiger partial charge in [-0.25, -0.2) is 14.4 Å². The van der Waals surface area contributed by atoms with Crippen molar-refractivity contribution < 1.29 is 28.6 Å². The summed E-state index contributed by atoms with van der Waals surface area (Å²) in [6, 6.07) is 6.29. The van der Waals surface area contributed by atoms with Crippen molar-refractivity contribution in [3.63, 3.8) is 0 Å². The molecule has 162 valence electrons. The molecule has 0 heterocycles. The second-order valence-corrected chi connectivity index (χ2v) is 8.54. The third-order valence-corrected chi connectivity index (χ3v) is 3.53. The van der Waals surface area contributed by atoms with E-state index in [0.29, 0.717) is 12.1 Å². The van der Waals surface area contributed by atoms with Crippen LogP contribution in [0, 0.1) is 0 Å². The van der Waals surface area contributed by atoms with Crippen molar-refractivity contribution in [2.75, 3.05) is 12.4 Å². The lowest BCUT2D eigenvalue weighted by Crippen LogP contribution is -2.44. The second kappa shape index (κ2) is 10.1. The van der Waals surface area contributed by atoms with Crippen LogP contribution in [0.2, 0.25) is 0 Å². The van der Waals surface area contributed by atoms with E-state index in [1.807, 2.05) is 12.1 Å². The Bertz CT molecular complexity index is 719. The van der Waals surface area contributed by atoms with Crippen molar-refractivity contribution >= 4 is 23.8 Å². The van der Waals surface area contributed by atoms with Crippen molar-refractivity contribution in [1.82, 2.24) is 5.32 Å². The number of carbonyl (C=O) groups excluding carboxylic acids is 3. The molecule has 1 rings (SSSR count). The lowest BCUT2D eigenvalue weighted by atomic mass is 10.0. The third-order valence-electron chi connectivity index (χ3n) is 3.53. The first-order valence-corrected chi connectivity index (χ1v) is 9.46. The van der Waals surface area contributed by atoms with Gasteiger partial charge in [0.1, 0.15) is 17.2 Å². The van der Waals surface area contributed by atoms with E-state index in [1.165, 1.54) is 7.11 Å². The van der Waals surface area contributed by atoms with E-state index >= 15 is 0 Å². The Morgan fingerprint density at radius 2 is 1.48 bits per heavy atom. The van der Waals surface area contributed by atoms with E-state index < -0.39 is 35.4 Å². The zero-order valence-corrected chi connectivity index (χ0v) is 18.3. The molecule has 2 amide bonds. The summed E-state index contributed by atoms with van der Waals surface area (Å²) in [5.41, 5.74) is 0.0574. The molecule has 0 saturated heterocycles. The van der Waals surface area contributed by atoms with Crippen LogP contribution in [-0.4, -0.2) is 42.5 Å². The summed E-state index contributed by atoms with van der Waals surface area (Å²) in [5, 5.41) is 5.25. The summed E-state index contributed by atoms with van der Waals surface area (Å²) >= 11 is 0. The van der Waals surface area contributed by atoms with Gasteiger partial charge in [0.05, 0.1) is 7.11 Å². The molecule has 1 aromatic rings. The summed E-state index contributed by atoms with van der Waals surface area (Å²) in [6.07, 6.45) is -0.602. The Labute approximate surface area is 172 Å². The van der Waals surface area contributed by atoms with Crippen molar-refractivity contribution in [3.8, 4) is 0 Å². The largest absolute Gasteiger partial charge is 0.467 e. The van der Waals surface area contributed by atoms with Crippen LogP contribution in [0.3, 0.4) is 0 Å². The molecule has 8 nitrogen and oxygen atoms in total. The maximum absolute atomic E-state index is 12.1. The smallest absolute Gasteiger partial charge is 0.412 e. The van der Waals surface area contributed by atoms with Crippen molar-refractivity contribution in [1.29, 1.82) is 0 Å². The van der Waals surface area contributed by atoms with Gasteiger partial charge in [0.25, 0.3) is 0 Å². The number of hydrogen-bond acceptors (Lipinski definition) is 6. The Hall–Kier alpha value is -2.77. The third kappa shape index (κ3) is 9.82. The minimum absolute atomic E-state index is 0.263. The van der Waals surface area contributed by atoms with E-state index in [0.717, 1.165) is 5.56 Å². The standard InChI is InChI=1S/C21H32N2O6/c1-20(2,3)28-18(25)22-15-11-9-8-10-14(15)12-13-16(17(24)27-7)23-19(26)29-21(4,5)6/h8-11,16H,12-13H2,1-7H3,(H,22,25)(H,23,26)/t16-/m1/s1. The van der Waals surface area contributed by atoms with Gasteiger partial charge in [0, 0.05) is 5.69 Å². The monoisotopic (exact) mass is 408 g/mol. The molecule has 0 unspecified atom stereocenters. The molecule has 29 heavy (non-hydrogen) atoms.